The zero-order chi connectivity index (χ0) is 14.1. The smallest absolute Gasteiger partial charge is 0.328 e. The van der Waals surface area contributed by atoms with Crippen LogP contribution in [0.4, 0.5) is 0 Å². The van der Waals surface area contributed by atoms with Crippen molar-refractivity contribution in [3.63, 3.8) is 0 Å². The molecule has 0 atom stereocenters. The van der Waals surface area contributed by atoms with Gasteiger partial charge in [-0.3, -0.25) is 5.10 Å². The van der Waals surface area contributed by atoms with Gasteiger partial charge in [-0.15, -0.1) is 0 Å². The Bertz CT molecular complexity index is 518. The van der Waals surface area contributed by atoms with E-state index in [2.05, 4.69) is 10.2 Å². The summed E-state index contributed by atoms with van der Waals surface area (Å²) in [4.78, 5) is 10.2. The number of carbonyl (C=O) groups is 1. The van der Waals surface area contributed by atoms with Gasteiger partial charge < -0.3 is 14.9 Å². The maximum Gasteiger partial charge on any atom is 0.328 e. The lowest BCUT2D eigenvalue weighted by Crippen LogP contribution is -1.87. The number of carboxylic acids is 1. The first-order valence-corrected chi connectivity index (χ1v) is 5.35. The predicted octanol–water partition coefficient (Wildman–Crippen LogP) is 1.91. The molecule has 0 spiro atoms. The average Bonchev–Trinajstić information content (AvgIpc) is 2.97. The normalized spacial score (nSPS) is 9.74. The van der Waals surface area contributed by atoms with Gasteiger partial charge in [0.25, 0.3) is 0 Å². The van der Waals surface area contributed by atoms with E-state index in [0.717, 1.165) is 6.08 Å². The maximum absolute atomic E-state index is 10.2. The summed E-state index contributed by atoms with van der Waals surface area (Å²) < 4.78 is 4.86. The molecule has 2 rings (SSSR count). The first-order chi connectivity index (χ1) is 9.13. The molecule has 0 aliphatic heterocycles. The number of ether oxygens (including phenoxy) is 1. The van der Waals surface area contributed by atoms with E-state index in [1.165, 1.54) is 19.3 Å². The summed E-state index contributed by atoms with van der Waals surface area (Å²) >= 11 is 0. The topological polar surface area (TPSA) is 95.4 Å². The number of phenols is 1. The van der Waals surface area contributed by atoms with Crippen molar-refractivity contribution in [1.29, 1.82) is 0 Å². The lowest BCUT2D eigenvalue weighted by Gasteiger charge is -2.03. The highest BCUT2D eigenvalue weighted by atomic mass is 16.5. The van der Waals surface area contributed by atoms with Gasteiger partial charge in [0.1, 0.15) is 0 Å². The van der Waals surface area contributed by atoms with E-state index in [4.69, 9.17) is 9.84 Å². The predicted molar refractivity (Wildman–Crippen MR) is 69.9 cm³/mol. The molecule has 0 saturated heterocycles. The number of phenolic OH excluding ortho intramolecular Hbond substituents is 1. The van der Waals surface area contributed by atoms with Crippen molar-refractivity contribution >= 4 is 12.0 Å². The maximum atomic E-state index is 10.2. The van der Waals surface area contributed by atoms with E-state index >= 15 is 0 Å². The van der Waals surface area contributed by atoms with Gasteiger partial charge in [-0.1, -0.05) is 6.07 Å². The third-order valence-corrected chi connectivity index (χ3v) is 2.03. The van der Waals surface area contributed by atoms with Gasteiger partial charge in [-0.05, 0) is 29.8 Å². The van der Waals surface area contributed by atoms with Crippen LogP contribution in [0.3, 0.4) is 0 Å². The second-order valence-corrected chi connectivity index (χ2v) is 3.37. The number of nitrogens with one attached hydrogen (secondary N) is 1. The minimum atomic E-state index is -1.02. The SMILES string of the molecule is COc1cc(C=CC(=O)O)ccc1O.c1cn[nH]c1. The van der Waals surface area contributed by atoms with Gasteiger partial charge >= 0.3 is 5.97 Å². The molecule has 1 aromatic heterocycles. The highest BCUT2D eigenvalue weighted by Crippen LogP contribution is 2.26. The van der Waals surface area contributed by atoms with Crippen molar-refractivity contribution in [2.45, 2.75) is 0 Å². The number of aromatic amines is 1. The molecule has 0 bridgehead atoms. The van der Waals surface area contributed by atoms with Gasteiger partial charge in [-0.25, -0.2) is 4.79 Å². The van der Waals surface area contributed by atoms with E-state index in [1.54, 1.807) is 24.5 Å². The van der Waals surface area contributed by atoms with Crippen LogP contribution >= 0.6 is 0 Å². The average molecular weight is 262 g/mol. The lowest BCUT2D eigenvalue weighted by molar-refractivity contribution is -0.131. The van der Waals surface area contributed by atoms with Crippen LogP contribution in [-0.4, -0.2) is 33.5 Å². The van der Waals surface area contributed by atoms with E-state index in [0.29, 0.717) is 11.3 Å². The zero-order valence-corrected chi connectivity index (χ0v) is 10.3. The largest absolute Gasteiger partial charge is 0.504 e. The lowest BCUT2D eigenvalue weighted by atomic mass is 10.2. The molecule has 0 unspecified atom stereocenters. The number of nitrogens with zero attached hydrogens (tertiary/aromatic N) is 1. The molecule has 6 nitrogen and oxygen atoms in total. The fourth-order valence-electron chi connectivity index (χ4n) is 1.18. The number of hydrogen-bond acceptors (Lipinski definition) is 4. The number of aliphatic carboxylic acids is 1. The Kier molecular flexibility index (Phi) is 5.68. The van der Waals surface area contributed by atoms with Crippen molar-refractivity contribution in [2.24, 2.45) is 0 Å². The number of benzene rings is 1. The van der Waals surface area contributed by atoms with E-state index in [-0.39, 0.29) is 5.75 Å². The van der Waals surface area contributed by atoms with Crippen LogP contribution in [-0.2, 0) is 4.79 Å². The summed E-state index contributed by atoms with van der Waals surface area (Å²) in [7, 11) is 1.43. The van der Waals surface area contributed by atoms with Gasteiger partial charge in [0.05, 0.1) is 7.11 Å². The van der Waals surface area contributed by atoms with E-state index in [9.17, 15) is 9.90 Å². The minimum absolute atomic E-state index is 0.0278. The van der Waals surface area contributed by atoms with Gasteiger partial charge in [0, 0.05) is 18.5 Å². The Balaban J connectivity index is 0.000000300. The first kappa shape index (κ1) is 14.3. The number of aromatic nitrogens is 2. The molecule has 1 heterocycles. The van der Waals surface area contributed by atoms with Gasteiger partial charge in [-0.2, -0.15) is 5.10 Å². The number of aromatic hydroxyl groups is 1. The molecule has 0 radical (unpaired) electrons. The van der Waals surface area contributed by atoms with Crippen LogP contribution < -0.4 is 4.74 Å². The molecule has 2 aromatic rings. The fourth-order valence-corrected chi connectivity index (χ4v) is 1.18. The Morgan fingerprint density at radius 2 is 2.26 bits per heavy atom. The molecule has 0 aliphatic carbocycles. The van der Waals surface area contributed by atoms with Crippen LogP contribution in [0, 0.1) is 0 Å². The van der Waals surface area contributed by atoms with Crippen LogP contribution in [0.5, 0.6) is 11.5 Å². The fraction of sp³-hybridized carbons (Fsp3) is 0.0769. The second kappa shape index (κ2) is 7.54. The standard InChI is InChI=1S/C10H10O4.C3H4N2/c1-14-9-6-7(2-4-8(9)11)3-5-10(12)13;1-2-4-5-3-1/h2-6,11H,1H3,(H,12,13);1-3H,(H,4,5). The highest BCUT2D eigenvalue weighted by Gasteiger charge is 2.00. The van der Waals surface area contributed by atoms with Crippen LogP contribution in [0.15, 0.2) is 42.7 Å². The summed E-state index contributed by atoms with van der Waals surface area (Å²) in [6.45, 7) is 0. The second-order valence-electron chi connectivity index (χ2n) is 3.37. The summed E-state index contributed by atoms with van der Waals surface area (Å²) in [6, 6.07) is 6.42. The minimum Gasteiger partial charge on any atom is -0.504 e. The first-order valence-electron chi connectivity index (χ1n) is 5.35. The molecule has 0 aliphatic rings. The molecule has 1 aromatic carbocycles. The quantitative estimate of drug-likeness (QED) is 0.734. The summed E-state index contributed by atoms with van der Waals surface area (Å²) in [5, 5.41) is 23.8. The highest BCUT2D eigenvalue weighted by molar-refractivity contribution is 5.85. The van der Waals surface area contributed by atoms with Gasteiger partial charge in [0.2, 0.25) is 0 Å². The van der Waals surface area contributed by atoms with E-state index < -0.39 is 5.97 Å². The van der Waals surface area contributed by atoms with E-state index in [1.807, 2.05) is 6.07 Å². The number of carboxylic acid groups (broad SMARTS) is 1. The van der Waals surface area contributed by atoms with Crippen molar-refractivity contribution in [3.8, 4) is 11.5 Å². The molecular weight excluding hydrogens is 248 g/mol. The molecule has 6 heteroatoms. The van der Waals surface area contributed by atoms with Gasteiger partial charge in [0.15, 0.2) is 11.5 Å². The molecule has 0 saturated carbocycles. The zero-order valence-electron chi connectivity index (χ0n) is 10.3. The molecule has 3 N–H and O–H groups in total. The molecule has 100 valence electrons. The van der Waals surface area contributed by atoms with Crippen molar-refractivity contribution in [2.75, 3.05) is 7.11 Å². The summed E-state index contributed by atoms with van der Waals surface area (Å²) in [5.41, 5.74) is 0.655. The Morgan fingerprint density at radius 3 is 2.74 bits per heavy atom. The third-order valence-electron chi connectivity index (χ3n) is 2.03. The van der Waals surface area contributed by atoms with Crippen molar-refractivity contribution in [3.05, 3.63) is 48.3 Å². The van der Waals surface area contributed by atoms with Crippen LogP contribution in [0.2, 0.25) is 0 Å². The van der Waals surface area contributed by atoms with Crippen LogP contribution in [0.25, 0.3) is 6.08 Å². The summed E-state index contributed by atoms with van der Waals surface area (Å²) in [5.74, 6) is -0.672. The number of hydrogen-bond donors (Lipinski definition) is 3. The molecule has 0 amide bonds. The summed E-state index contributed by atoms with van der Waals surface area (Å²) in [6.07, 6.45) is 5.90. The number of H-pyrrole nitrogens is 1. The van der Waals surface area contributed by atoms with Crippen molar-refractivity contribution in [1.82, 2.24) is 10.2 Å². The monoisotopic (exact) mass is 262 g/mol. The van der Waals surface area contributed by atoms with Crippen LogP contribution in [0.1, 0.15) is 5.56 Å². The number of methoxy groups -OCH3 is 1. The molecular formula is C13H14N2O4. The number of rotatable bonds is 3. The molecule has 0 fully saturated rings. The third kappa shape index (κ3) is 5.40. The Morgan fingerprint density at radius 1 is 1.47 bits per heavy atom. The Labute approximate surface area is 110 Å². The van der Waals surface area contributed by atoms with Crippen molar-refractivity contribution < 1.29 is 19.7 Å². The Hall–Kier alpha value is -2.76. The molecule has 19 heavy (non-hydrogen) atoms.